The number of hydrogen-bond donors (Lipinski definition) is 2. The molecular weight excluding hydrogens is 248 g/mol. The van der Waals surface area contributed by atoms with Crippen molar-refractivity contribution >= 4 is 0 Å². The fourth-order valence-corrected chi connectivity index (χ4v) is 2.25. The summed E-state index contributed by atoms with van der Waals surface area (Å²) in [5.41, 5.74) is 5.43. The highest BCUT2D eigenvalue weighted by atomic mass is 16.5. The zero-order chi connectivity index (χ0) is 14.7. The van der Waals surface area contributed by atoms with Crippen LogP contribution in [-0.2, 0) is 4.74 Å². The second-order valence-corrected chi connectivity index (χ2v) is 5.69. The summed E-state index contributed by atoms with van der Waals surface area (Å²) in [6, 6.07) is 0. The highest BCUT2D eigenvalue weighted by Crippen LogP contribution is 2.08. The van der Waals surface area contributed by atoms with Crippen molar-refractivity contribution in [1.82, 2.24) is 5.32 Å². The number of ether oxygens (including phenoxy) is 1. The molecule has 0 radical (unpaired) electrons. The molecule has 3 nitrogen and oxygen atoms in total. The van der Waals surface area contributed by atoms with Crippen LogP contribution in [0.4, 0.5) is 0 Å². The fourth-order valence-electron chi connectivity index (χ4n) is 2.25. The van der Waals surface area contributed by atoms with Crippen molar-refractivity contribution in [3.63, 3.8) is 0 Å². The molecule has 122 valence electrons. The van der Waals surface area contributed by atoms with Gasteiger partial charge in [0, 0.05) is 13.2 Å². The lowest BCUT2D eigenvalue weighted by Crippen LogP contribution is -2.19. The van der Waals surface area contributed by atoms with E-state index in [0.29, 0.717) is 0 Å². The molecule has 0 heterocycles. The van der Waals surface area contributed by atoms with Gasteiger partial charge in [-0.05, 0) is 45.3 Å². The first kappa shape index (κ1) is 19.9. The van der Waals surface area contributed by atoms with Gasteiger partial charge in [-0.3, -0.25) is 0 Å². The van der Waals surface area contributed by atoms with E-state index >= 15 is 0 Å². The Morgan fingerprint density at radius 1 is 0.700 bits per heavy atom. The van der Waals surface area contributed by atoms with Crippen LogP contribution in [0.3, 0.4) is 0 Å². The molecule has 0 rings (SSSR count). The average molecular weight is 287 g/mol. The van der Waals surface area contributed by atoms with Gasteiger partial charge in [0.05, 0.1) is 0 Å². The molecule has 0 aliphatic heterocycles. The third-order valence-electron chi connectivity index (χ3n) is 3.59. The number of hydrogen-bond acceptors (Lipinski definition) is 3. The summed E-state index contributed by atoms with van der Waals surface area (Å²) in [5, 5.41) is 3.39. The first-order valence-electron chi connectivity index (χ1n) is 8.90. The van der Waals surface area contributed by atoms with Crippen molar-refractivity contribution < 1.29 is 4.74 Å². The minimum absolute atomic E-state index is 0.786. The van der Waals surface area contributed by atoms with Gasteiger partial charge in [-0.1, -0.05) is 51.9 Å². The van der Waals surface area contributed by atoms with E-state index in [-0.39, 0.29) is 0 Å². The fraction of sp³-hybridized carbons (Fsp3) is 1.00. The van der Waals surface area contributed by atoms with Crippen molar-refractivity contribution in [1.29, 1.82) is 0 Å². The average Bonchev–Trinajstić information content (AvgIpc) is 2.47. The molecule has 0 aliphatic rings. The number of unbranched alkanes of at least 4 members (excludes halogenated alkanes) is 8. The van der Waals surface area contributed by atoms with Crippen LogP contribution in [0, 0.1) is 0 Å². The lowest BCUT2D eigenvalue weighted by atomic mass is 10.1. The first-order valence-corrected chi connectivity index (χ1v) is 8.90. The third kappa shape index (κ3) is 17.9. The van der Waals surface area contributed by atoms with Gasteiger partial charge in [0.1, 0.15) is 0 Å². The molecule has 0 fully saturated rings. The molecule has 0 unspecified atom stereocenters. The van der Waals surface area contributed by atoms with E-state index in [9.17, 15) is 0 Å². The van der Waals surface area contributed by atoms with Crippen molar-refractivity contribution in [3.05, 3.63) is 0 Å². The van der Waals surface area contributed by atoms with Gasteiger partial charge < -0.3 is 15.8 Å². The molecule has 0 amide bonds. The summed E-state index contributed by atoms with van der Waals surface area (Å²) >= 11 is 0. The Labute approximate surface area is 127 Å². The summed E-state index contributed by atoms with van der Waals surface area (Å²) in [6.07, 6.45) is 14.4. The van der Waals surface area contributed by atoms with Gasteiger partial charge in [-0.25, -0.2) is 0 Å². The van der Waals surface area contributed by atoms with Crippen LogP contribution >= 0.6 is 0 Å². The Morgan fingerprint density at radius 3 is 1.90 bits per heavy atom. The van der Waals surface area contributed by atoms with Crippen molar-refractivity contribution in [2.45, 2.75) is 77.6 Å². The first-order chi connectivity index (χ1) is 9.91. The molecule has 0 aliphatic carbocycles. The Hall–Kier alpha value is -0.120. The van der Waals surface area contributed by atoms with E-state index < -0.39 is 0 Å². The monoisotopic (exact) mass is 286 g/mol. The molecule has 0 aromatic rings. The number of rotatable bonds is 17. The Bertz CT molecular complexity index is 147. The summed E-state index contributed by atoms with van der Waals surface area (Å²) in [5.74, 6) is 0. The van der Waals surface area contributed by atoms with Crippen LogP contribution in [0.2, 0.25) is 0 Å². The highest BCUT2D eigenvalue weighted by Gasteiger charge is 1.93. The summed E-state index contributed by atoms with van der Waals surface area (Å²) in [4.78, 5) is 0. The quantitative estimate of drug-likeness (QED) is 0.399. The maximum absolute atomic E-state index is 5.66. The SMILES string of the molecule is CCCCCCCCCCOCCCCNCCCN. The van der Waals surface area contributed by atoms with Gasteiger partial charge in [-0.2, -0.15) is 0 Å². The molecule has 0 saturated carbocycles. The summed E-state index contributed by atoms with van der Waals surface area (Å²) in [6.45, 7) is 7.09. The molecule has 0 aromatic carbocycles. The van der Waals surface area contributed by atoms with Crippen LogP contribution < -0.4 is 11.1 Å². The topological polar surface area (TPSA) is 47.3 Å². The lowest BCUT2D eigenvalue weighted by Gasteiger charge is -2.05. The Balaban J connectivity index is 2.89. The summed E-state index contributed by atoms with van der Waals surface area (Å²) < 4.78 is 5.66. The predicted octanol–water partition coefficient (Wildman–Crippen LogP) is 3.86. The van der Waals surface area contributed by atoms with Gasteiger partial charge in [0.15, 0.2) is 0 Å². The minimum Gasteiger partial charge on any atom is -0.381 e. The van der Waals surface area contributed by atoms with Crippen LogP contribution in [0.1, 0.15) is 77.6 Å². The Kier molecular flexibility index (Phi) is 18.8. The van der Waals surface area contributed by atoms with E-state index in [1.165, 1.54) is 64.2 Å². The van der Waals surface area contributed by atoms with Crippen LogP contribution in [-0.4, -0.2) is 32.8 Å². The standard InChI is InChI=1S/C17H38N2O/c1-2-3-4-5-6-7-8-10-16-20-17-11-9-14-19-15-12-13-18/h19H,2-18H2,1H3. The van der Waals surface area contributed by atoms with Crippen LogP contribution in [0.5, 0.6) is 0 Å². The molecule has 0 spiro atoms. The van der Waals surface area contributed by atoms with Gasteiger partial charge in [0.2, 0.25) is 0 Å². The predicted molar refractivity (Wildman–Crippen MR) is 89.2 cm³/mol. The summed E-state index contributed by atoms with van der Waals surface area (Å²) in [7, 11) is 0. The second-order valence-electron chi connectivity index (χ2n) is 5.69. The van der Waals surface area contributed by atoms with E-state index in [1.54, 1.807) is 0 Å². The van der Waals surface area contributed by atoms with Crippen LogP contribution in [0.15, 0.2) is 0 Å². The molecular formula is C17H38N2O. The van der Waals surface area contributed by atoms with Gasteiger partial charge >= 0.3 is 0 Å². The van der Waals surface area contributed by atoms with E-state index in [4.69, 9.17) is 10.5 Å². The molecule has 0 aromatic heterocycles. The lowest BCUT2D eigenvalue weighted by molar-refractivity contribution is 0.126. The molecule has 0 atom stereocenters. The molecule has 3 heteroatoms. The normalized spacial score (nSPS) is 11.1. The second kappa shape index (κ2) is 18.9. The number of nitrogens with two attached hydrogens (primary N) is 1. The zero-order valence-corrected chi connectivity index (χ0v) is 13.8. The van der Waals surface area contributed by atoms with E-state index in [0.717, 1.165) is 39.3 Å². The highest BCUT2D eigenvalue weighted by molar-refractivity contribution is 4.49. The largest absolute Gasteiger partial charge is 0.381 e. The maximum Gasteiger partial charge on any atom is 0.0466 e. The van der Waals surface area contributed by atoms with Gasteiger partial charge in [-0.15, -0.1) is 0 Å². The van der Waals surface area contributed by atoms with E-state index in [2.05, 4.69) is 12.2 Å². The van der Waals surface area contributed by atoms with E-state index in [1.807, 2.05) is 0 Å². The molecule has 0 bridgehead atoms. The number of nitrogens with one attached hydrogen (secondary N) is 1. The molecule has 0 saturated heterocycles. The van der Waals surface area contributed by atoms with Crippen molar-refractivity contribution in [2.75, 3.05) is 32.8 Å². The molecule has 20 heavy (non-hydrogen) atoms. The minimum atomic E-state index is 0.786. The van der Waals surface area contributed by atoms with Crippen LogP contribution in [0.25, 0.3) is 0 Å². The van der Waals surface area contributed by atoms with Gasteiger partial charge in [0.25, 0.3) is 0 Å². The van der Waals surface area contributed by atoms with Crippen molar-refractivity contribution in [3.8, 4) is 0 Å². The zero-order valence-electron chi connectivity index (χ0n) is 13.8. The maximum atomic E-state index is 5.66. The van der Waals surface area contributed by atoms with Crippen molar-refractivity contribution in [2.24, 2.45) is 5.73 Å². The smallest absolute Gasteiger partial charge is 0.0466 e. The third-order valence-corrected chi connectivity index (χ3v) is 3.59. The molecule has 3 N–H and O–H groups in total. The Morgan fingerprint density at radius 2 is 1.25 bits per heavy atom.